The van der Waals surface area contributed by atoms with Crippen LogP contribution in [0.5, 0.6) is 0 Å². The minimum Gasteiger partial charge on any atom is -0.477 e. The lowest BCUT2D eigenvalue weighted by Gasteiger charge is -2.39. The number of fused-ring (bicyclic) bond motifs is 1. The van der Waals surface area contributed by atoms with Gasteiger partial charge in [-0.15, -0.1) is 12.3 Å². The summed E-state index contributed by atoms with van der Waals surface area (Å²) in [6.45, 7) is 2.79. The minimum atomic E-state index is -1.32. The monoisotopic (exact) mass is 423 g/mol. The Kier molecular flexibility index (Phi) is 5.05. The highest BCUT2D eigenvalue weighted by Gasteiger charge is 2.33. The molecule has 0 saturated carbocycles. The number of aryl methyl sites for hydroxylation is 1. The van der Waals surface area contributed by atoms with Crippen molar-refractivity contribution in [2.24, 2.45) is 5.92 Å². The predicted octanol–water partition coefficient (Wildman–Crippen LogP) is 1.66. The Morgan fingerprint density at radius 2 is 2.17 bits per heavy atom. The van der Waals surface area contributed by atoms with Gasteiger partial charge in [0.05, 0.1) is 11.3 Å². The number of hydrogen-bond donors (Lipinski definition) is 1. The number of rotatable bonds is 6. The minimum absolute atomic E-state index is 0.0871. The van der Waals surface area contributed by atoms with Crippen molar-refractivity contribution in [1.82, 2.24) is 18.9 Å². The van der Waals surface area contributed by atoms with Gasteiger partial charge in [0.1, 0.15) is 23.5 Å². The summed E-state index contributed by atoms with van der Waals surface area (Å²) in [7, 11) is 0. The van der Waals surface area contributed by atoms with E-state index < -0.39 is 11.4 Å². The molecule has 1 N–H and O–H groups in total. The number of ketones is 1. The molecule has 0 aromatic carbocycles. The molecular formula is C20H17N5O4S. The van der Waals surface area contributed by atoms with Crippen molar-refractivity contribution in [2.75, 3.05) is 18.0 Å². The van der Waals surface area contributed by atoms with Crippen molar-refractivity contribution >= 4 is 40.1 Å². The molecular weight excluding hydrogens is 406 g/mol. The fourth-order valence-electron chi connectivity index (χ4n) is 3.48. The number of carbonyl (C=O) groups is 2. The summed E-state index contributed by atoms with van der Waals surface area (Å²) in [5, 5.41) is 10.1. The molecule has 1 fully saturated rings. The van der Waals surface area contributed by atoms with Crippen LogP contribution < -0.4 is 10.3 Å². The lowest BCUT2D eigenvalue weighted by atomic mass is 9.92. The standard InChI is InChI=1S/C20H17N5O4S/c1-3-4-5-14(26)12-7-24(8-12)15-6-11(2)16-17(27)13(19(28)29)9-25(18(16)23-15)20-21-10-22-30-20/h1,6,9-10,12H,4-5,7-8H2,2H3,(H,28,29). The van der Waals surface area contributed by atoms with Crippen LogP contribution in [0, 0.1) is 25.2 Å². The van der Waals surface area contributed by atoms with Gasteiger partial charge in [-0.2, -0.15) is 4.37 Å². The van der Waals surface area contributed by atoms with Crippen LogP contribution in [-0.4, -0.2) is 48.9 Å². The largest absolute Gasteiger partial charge is 0.477 e. The summed E-state index contributed by atoms with van der Waals surface area (Å²) in [6, 6.07) is 1.74. The van der Waals surface area contributed by atoms with Crippen molar-refractivity contribution in [3.63, 3.8) is 0 Å². The number of anilines is 1. The molecule has 10 heteroatoms. The van der Waals surface area contributed by atoms with E-state index in [-0.39, 0.29) is 22.7 Å². The van der Waals surface area contributed by atoms with Crippen LogP contribution in [0.1, 0.15) is 28.8 Å². The number of nitrogens with zero attached hydrogens (tertiary/aromatic N) is 5. The van der Waals surface area contributed by atoms with Gasteiger partial charge >= 0.3 is 5.97 Å². The summed E-state index contributed by atoms with van der Waals surface area (Å²) < 4.78 is 5.43. The molecule has 0 spiro atoms. The average Bonchev–Trinajstić information content (AvgIpc) is 3.19. The van der Waals surface area contributed by atoms with E-state index in [1.165, 1.54) is 17.1 Å². The molecule has 3 aromatic rings. The Morgan fingerprint density at radius 1 is 1.40 bits per heavy atom. The van der Waals surface area contributed by atoms with E-state index in [0.29, 0.717) is 48.1 Å². The van der Waals surface area contributed by atoms with E-state index in [0.717, 1.165) is 11.5 Å². The number of aromatic nitrogens is 4. The van der Waals surface area contributed by atoms with Gasteiger partial charge in [0, 0.05) is 43.7 Å². The number of carboxylic acids is 1. The van der Waals surface area contributed by atoms with Crippen LogP contribution in [0.3, 0.4) is 0 Å². The third-order valence-electron chi connectivity index (χ3n) is 5.10. The first kappa shape index (κ1) is 19.7. The summed E-state index contributed by atoms with van der Waals surface area (Å²) in [5.74, 6) is 1.82. The van der Waals surface area contributed by atoms with E-state index in [2.05, 4.69) is 20.3 Å². The van der Waals surface area contributed by atoms with E-state index in [1.54, 1.807) is 13.0 Å². The molecule has 0 amide bonds. The van der Waals surface area contributed by atoms with Gasteiger partial charge in [0.25, 0.3) is 0 Å². The molecule has 1 saturated heterocycles. The summed E-state index contributed by atoms with van der Waals surface area (Å²) in [6.07, 6.45) is 8.60. The van der Waals surface area contributed by atoms with Crippen LogP contribution in [0.4, 0.5) is 5.82 Å². The molecule has 4 rings (SSSR count). The molecule has 152 valence electrons. The zero-order chi connectivity index (χ0) is 21.4. The molecule has 4 heterocycles. The van der Waals surface area contributed by atoms with Crippen LogP contribution >= 0.6 is 11.5 Å². The van der Waals surface area contributed by atoms with Gasteiger partial charge < -0.3 is 10.0 Å². The number of Topliss-reactive ketones (excluding diaryl/α,β-unsaturated/α-hetero) is 1. The normalized spacial score (nSPS) is 13.8. The second-order valence-electron chi connectivity index (χ2n) is 7.04. The highest BCUT2D eigenvalue weighted by molar-refractivity contribution is 7.08. The highest BCUT2D eigenvalue weighted by atomic mass is 32.1. The predicted molar refractivity (Wildman–Crippen MR) is 111 cm³/mol. The van der Waals surface area contributed by atoms with Crippen LogP contribution in [0.2, 0.25) is 0 Å². The molecule has 3 aromatic heterocycles. The topological polar surface area (TPSA) is 118 Å². The Labute approximate surface area is 175 Å². The molecule has 0 radical (unpaired) electrons. The lowest BCUT2D eigenvalue weighted by molar-refractivity contribution is -0.123. The number of pyridine rings is 2. The fraction of sp³-hybridized carbons (Fsp3) is 0.300. The van der Waals surface area contributed by atoms with Crippen molar-refractivity contribution < 1.29 is 14.7 Å². The van der Waals surface area contributed by atoms with E-state index >= 15 is 0 Å². The third kappa shape index (κ3) is 3.33. The number of carboxylic acid groups (broad SMARTS) is 1. The number of terminal acetylenes is 1. The summed E-state index contributed by atoms with van der Waals surface area (Å²) >= 11 is 1.06. The van der Waals surface area contributed by atoms with E-state index in [9.17, 15) is 19.5 Å². The Bertz CT molecular complexity index is 1250. The van der Waals surface area contributed by atoms with Gasteiger partial charge in [-0.1, -0.05) is 0 Å². The molecule has 0 atom stereocenters. The molecule has 1 aliphatic rings. The second kappa shape index (κ2) is 7.68. The van der Waals surface area contributed by atoms with Crippen LogP contribution in [0.25, 0.3) is 16.2 Å². The molecule has 0 bridgehead atoms. The maximum atomic E-state index is 12.8. The lowest BCUT2D eigenvalue weighted by Crippen LogP contribution is -2.50. The quantitative estimate of drug-likeness (QED) is 0.595. The summed E-state index contributed by atoms with van der Waals surface area (Å²) in [5.41, 5.74) is -0.0541. The van der Waals surface area contributed by atoms with Crippen LogP contribution in [-0.2, 0) is 4.79 Å². The Morgan fingerprint density at radius 3 is 2.80 bits per heavy atom. The van der Waals surface area contributed by atoms with E-state index in [1.807, 2.05) is 4.90 Å². The van der Waals surface area contributed by atoms with E-state index in [4.69, 9.17) is 6.42 Å². The number of hydrogen-bond acceptors (Lipinski definition) is 8. The van der Waals surface area contributed by atoms with Crippen molar-refractivity contribution in [2.45, 2.75) is 19.8 Å². The number of aromatic carboxylic acids is 1. The molecule has 0 unspecified atom stereocenters. The van der Waals surface area contributed by atoms with Gasteiger partial charge in [-0.3, -0.25) is 14.2 Å². The Balaban J connectivity index is 1.77. The molecule has 30 heavy (non-hydrogen) atoms. The Hall–Kier alpha value is -3.58. The molecule has 9 nitrogen and oxygen atoms in total. The number of carbonyl (C=O) groups excluding carboxylic acids is 1. The first-order valence-electron chi connectivity index (χ1n) is 9.19. The fourth-order valence-corrected chi connectivity index (χ4v) is 3.99. The molecule has 1 aliphatic heterocycles. The summed E-state index contributed by atoms with van der Waals surface area (Å²) in [4.78, 5) is 47.2. The smallest absolute Gasteiger partial charge is 0.341 e. The maximum Gasteiger partial charge on any atom is 0.341 e. The molecule has 0 aliphatic carbocycles. The van der Waals surface area contributed by atoms with Gasteiger partial charge in [-0.25, -0.2) is 14.8 Å². The van der Waals surface area contributed by atoms with Crippen molar-refractivity contribution in [3.8, 4) is 17.5 Å². The highest BCUT2D eigenvalue weighted by Crippen LogP contribution is 2.29. The zero-order valence-corrected chi connectivity index (χ0v) is 16.8. The SMILES string of the molecule is C#CCCC(=O)C1CN(c2cc(C)c3c(=O)c(C(=O)O)cn(-c4ncns4)c3n2)C1. The first-order valence-corrected chi connectivity index (χ1v) is 9.96. The van der Waals surface area contributed by atoms with Gasteiger partial charge in [0.2, 0.25) is 10.6 Å². The van der Waals surface area contributed by atoms with Gasteiger partial charge in [0.15, 0.2) is 5.65 Å². The van der Waals surface area contributed by atoms with Crippen LogP contribution in [0.15, 0.2) is 23.4 Å². The van der Waals surface area contributed by atoms with Crippen molar-refractivity contribution in [3.05, 3.63) is 39.9 Å². The van der Waals surface area contributed by atoms with Gasteiger partial charge in [-0.05, 0) is 18.6 Å². The zero-order valence-electron chi connectivity index (χ0n) is 16.0. The maximum absolute atomic E-state index is 12.8. The average molecular weight is 423 g/mol. The third-order valence-corrected chi connectivity index (χ3v) is 5.77. The first-order chi connectivity index (χ1) is 14.4. The van der Waals surface area contributed by atoms with Crippen molar-refractivity contribution in [1.29, 1.82) is 0 Å². The second-order valence-corrected chi connectivity index (χ2v) is 7.80.